The Labute approximate surface area is 218 Å². The molecule has 14 heteroatoms. The van der Waals surface area contributed by atoms with Gasteiger partial charge in [-0.2, -0.15) is 11.8 Å². The lowest BCUT2D eigenvalue weighted by Crippen LogP contribution is -2.02. The normalized spacial score (nSPS) is 11.2. The Morgan fingerprint density at radius 2 is 1.21 bits per heavy atom. The Morgan fingerprint density at radius 1 is 0.690 bits per heavy atom. The van der Waals surface area contributed by atoms with Crippen molar-refractivity contribution in [3.63, 3.8) is 0 Å². The van der Waals surface area contributed by atoms with E-state index in [1.54, 1.807) is 11.8 Å². The van der Waals surface area contributed by atoms with Crippen LogP contribution in [0.5, 0.6) is 0 Å². The molecule has 0 aromatic carbocycles. The number of carbonyl (C=O) groups is 1. The summed E-state index contributed by atoms with van der Waals surface area (Å²) in [6, 6.07) is 0. The monoisotopic (exact) mass is 594 g/mol. The van der Waals surface area contributed by atoms with Crippen molar-refractivity contribution >= 4 is 123 Å². The van der Waals surface area contributed by atoms with E-state index in [0.29, 0.717) is 24.1 Å². The fourth-order valence-electron chi connectivity index (χ4n) is 1.25. The molecular weight excluding hydrogens is 565 g/mol. The summed E-state index contributed by atoms with van der Waals surface area (Å²) in [5.41, 5.74) is 0. The van der Waals surface area contributed by atoms with Gasteiger partial charge in [-0.1, -0.05) is 11.8 Å². The molecule has 0 fully saturated rings. The molecule has 0 unspecified atom stereocenters. The van der Waals surface area contributed by atoms with Crippen LogP contribution in [-0.4, -0.2) is 88.5 Å². The Hall–Kier alpha value is 3.05. The molecular formula is C15H30O4S10. The molecule has 0 aliphatic heterocycles. The van der Waals surface area contributed by atoms with Gasteiger partial charge < -0.3 is 5.11 Å². The van der Waals surface area contributed by atoms with Crippen LogP contribution < -0.4 is 0 Å². The van der Waals surface area contributed by atoms with Gasteiger partial charge in [0.1, 0.15) is 0 Å². The van der Waals surface area contributed by atoms with Gasteiger partial charge in [-0.3, -0.25) is 4.79 Å². The second kappa shape index (κ2) is 29.1. The molecule has 0 aromatic heterocycles. The van der Waals surface area contributed by atoms with Crippen molar-refractivity contribution in [2.45, 2.75) is 0 Å². The summed E-state index contributed by atoms with van der Waals surface area (Å²) >= 11 is 17.8. The zero-order chi connectivity index (χ0) is 21.3. The maximum absolute atomic E-state index is 11.8. The van der Waals surface area contributed by atoms with Crippen LogP contribution in [0.15, 0.2) is 0 Å². The molecule has 0 aliphatic rings. The van der Waals surface area contributed by atoms with Gasteiger partial charge in [-0.25, -0.2) is 9.78 Å². The van der Waals surface area contributed by atoms with Gasteiger partial charge in [-0.15, -0.1) is 94.1 Å². The molecule has 0 heterocycles. The lowest BCUT2D eigenvalue weighted by Gasteiger charge is -2.04. The van der Waals surface area contributed by atoms with Gasteiger partial charge in [-0.05, 0) is 6.26 Å². The molecule has 29 heavy (non-hydrogen) atoms. The number of hydrogen-bond donors (Lipinski definition) is 1. The number of aliphatic hydroxyl groups excluding tert-OH is 1. The first-order valence-electron chi connectivity index (χ1n) is 8.43. The van der Waals surface area contributed by atoms with E-state index in [-0.39, 0.29) is 5.94 Å². The minimum Gasteiger partial charge on any atom is -0.386 e. The number of carbonyl (C=O) groups excluding carboxylic acids is 1. The Kier molecular flexibility index (Phi) is 32.1. The van der Waals surface area contributed by atoms with Crippen LogP contribution in [0.1, 0.15) is 0 Å². The number of hydrogen-bond acceptors (Lipinski definition) is 14. The highest BCUT2D eigenvalue weighted by molar-refractivity contribution is 8.30. The number of aliphatic hydroxyl groups is 1. The molecule has 0 aromatic rings. The molecule has 0 radical (unpaired) electrons. The van der Waals surface area contributed by atoms with Crippen LogP contribution in [-0.2, 0) is 14.6 Å². The van der Waals surface area contributed by atoms with Gasteiger partial charge >= 0.3 is 0 Å². The van der Waals surface area contributed by atoms with E-state index >= 15 is 0 Å². The van der Waals surface area contributed by atoms with Crippen molar-refractivity contribution in [1.29, 1.82) is 0 Å². The van der Waals surface area contributed by atoms with Gasteiger partial charge in [0.2, 0.25) is 0 Å². The second-order valence-electron chi connectivity index (χ2n) is 4.59. The molecule has 0 bridgehead atoms. The van der Waals surface area contributed by atoms with Crippen LogP contribution in [0.3, 0.4) is 0 Å². The van der Waals surface area contributed by atoms with E-state index in [1.807, 2.05) is 82.3 Å². The van der Waals surface area contributed by atoms with Crippen molar-refractivity contribution in [3.8, 4) is 0 Å². The van der Waals surface area contributed by atoms with E-state index in [2.05, 4.69) is 6.26 Å². The molecule has 0 rings (SSSR count). The van der Waals surface area contributed by atoms with Gasteiger partial charge in [0.25, 0.3) is 0 Å². The molecule has 0 spiro atoms. The molecule has 174 valence electrons. The number of thioether (sulfide) groups is 10. The topological polar surface area (TPSA) is 55.8 Å². The first kappa shape index (κ1) is 32.0. The van der Waals surface area contributed by atoms with E-state index in [1.165, 1.54) is 23.5 Å². The SMILES string of the molecule is CSCSCSCSCSC(=O)CSCSCSCSCCOOCCSCO. The molecule has 0 saturated carbocycles. The van der Waals surface area contributed by atoms with Crippen molar-refractivity contribution in [3.05, 3.63) is 0 Å². The lowest BCUT2D eigenvalue weighted by molar-refractivity contribution is -0.285. The first-order chi connectivity index (χ1) is 14.3. The maximum atomic E-state index is 11.8. The highest BCUT2D eigenvalue weighted by Gasteiger charge is 2.03. The summed E-state index contributed by atoms with van der Waals surface area (Å²) in [7, 11) is 0. The van der Waals surface area contributed by atoms with Crippen molar-refractivity contribution in [1.82, 2.24) is 0 Å². The second-order valence-corrected chi connectivity index (χ2v) is 17.1. The minimum atomic E-state index is 0.124. The standard InChI is InChI=1S/C15H30O4S10/c1-20-8-24-11-27-13-28-14-29-15(17)6-23-10-26-12-25-9-22-5-3-19-18-2-4-21-7-16/h16H,2-14H2,1H3. The summed E-state index contributed by atoms with van der Waals surface area (Å²) in [6.45, 7) is 1.10. The fourth-order valence-corrected chi connectivity index (χ4v) is 11.6. The van der Waals surface area contributed by atoms with E-state index in [4.69, 9.17) is 14.9 Å². The van der Waals surface area contributed by atoms with Crippen molar-refractivity contribution in [2.24, 2.45) is 0 Å². The Bertz CT molecular complexity index is 344. The number of rotatable bonds is 24. The third-order valence-electron chi connectivity index (χ3n) is 2.35. The zero-order valence-corrected chi connectivity index (χ0v) is 24.6. The minimum absolute atomic E-state index is 0.124. The smallest absolute Gasteiger partial charge is 0.199 e. The molecule has 0 aliphatic carbocycles. The third kappa shape index (κ3) is 29.0. The van der Waals surface area contributed by atoms with Gasteiger partial charge in [0.05, 0.1) is 24.9 Å². The van der Waals surface area contributed by atoms with Gasteiger partial charge in [0.15, 0.2) is 5.12 Å². The van der Waals surface area contributed by atoms with Crippen LogP contribution in [0.2, 0.25) is 0 Å². The predicted octanol–water partition coefficient (Wildman–Crippen LogP) is 6.08. The van der Waals surface area contributed by atoms with Crippen molar-refractivity contribution in [2.75, 3.05) is 78.3 Å². The third-order valence-corrected chi connectivity index (χ3v) is 14.0. The molecule has 0 saturated heterocycles. The van der Waals surface area contributed by atoms with Crippen molar-refractivity contribution < 1.29 is 19.7 Å². The molecule has 0 atom stereocenters. The van der Waals surface area contributed by atoms with Crippen LogP contribution >= 0.6 is 118 Å². The zero-order valence-electron chi connectivity index (χ0n) is 16.4. The average molecular weight is 595 g/mol. The van der Waals surface area contributed by atoms with E-state index < -0.39 is 0 Å². The van der Waals surface area contributed by atoms with E-state index in [9.17, 15) is 4.79 Å². The van der Waals surface area contributed by atoms with Crippen LogP contribution in [0.25, 0.3) is 0 Å². The largest absolute Gasteiger partial charge is 0.386 e. The predicted molar refractivity (Wildman–Crippen MR) is 155 cm³/mol. The van der Waals surface area contributed by atoms with Crippen LogP contribution in [0.4, 0.5) is 0 Å². The summed E-state index contributed by atoms with van der Waals surface area (Å²) in [6.07, 6.45) is 2.13. The average Bonchev–Trinajstić information content (AvgIpc) is 2.72. The lowest BCUT2D eigenvalue weighted by atomic mass is 10.9. The van der Waals surface area contributed by atoms with Crippen LogP contribution in [0, 0.1) is 0 Å². The Morgan fingerprint density at radius 3 is 1.83 bits per heavy atom. The summed E-state index contributed by atoms with van der Waals surface area (Å²) in [5.74, 6) is 2.40. The highest BCUT2D eigenvalue weighted by atomic mass is 32.3. The fraction of sp³-hybridized carbons (Fsp3) is 0.933. The summed E-state index contributed by atoms with van der Waals surface area (Å²) < 4.78 is 0. The van der Waals surface area contributed by atoms with E-state index in [0.717, 1.165) is 47.1 Å². The summed E-state index contributed by atoms with van der Waals surface area (Å²) in [4.78, 5) is 21.9. The summed E-state index contributed by atoms with van der Waals surface area (Å²) in [5, 5.41) is 16.2. The molecule has 4 nitrogen and oxygen atoms in total. The van der Waals surface area contributed by atoms with Gasteiger partial charge in [0, 0.05) is 47.1 Å². The maximum Gasteiger partial charge on any atom is 0.199 e. The molecule has 0 amide bonds. The molecule has 1 N–H and O–H groups in total. The highest BCUT2D eigenvalue weighted by Crippen LogP contribution is 2.24. The Balaban J connectivity index is 3.12. The first-order valence-corrected chi connectivity index (χ1v) is 20.0. The quantitative estimate of drug-likeness (QED) is 0.0608.